The summed E-state index contributed by atoms with van der Waals surface area (Å²) in [6.45, 7) is 4.98. The van der Waals surface area contributed by atoms with Crippen LogP contribution < -0.4 is 10.0 Å². The van der Waals surface area contributed by atoms with Crippen molar-refractivity contribution in [2.75, 3.05) is 22.8 Å². The van der Waals surface area contributed by atoms with E-state index in [1.807, 2.05) is 19.9 Å². The Morgan fingerprint density at radius 3 is 2.52 bits per heavy atom. The third-order valence-electron chi connectivity index (χ3n) is 3.22. The number of nitrogens with zero attached hydrogens (tertiary/aromatic N) is 1. The second kappa shape index (κ2) is 8.06. The number of sulfonamides is 1. The first-order valence-electron chi connectivity index (χ1n) is 7.89. The molecular weight excluding hydrogens is 342 g/mol. The number of carbonyl (C=O) groups is 1. The summed E-state index contributed by atoms with van der Waals surface area (Å²) in [6.07, 6.45) is 2.65. The lowest BCUT2D eigenvalue weighted by Crippen LogP contribution is -2.37. The Balaban J connectivity index is 2.10. The van der Waals surface area contributed by atoms with Crippen LogP contribution in [0.25, 0.3) is 0 Å². The van der Waals surface area contributed by atoms with E-state index in [0.29, 0.717) is 36.1 Å². The first-order chi connectivity index (χ1) is 11.7. The highest BCUT2D eigenvalue weighted by atomic mass is 32.2. The molecule has 0 saturated carbocycles. The third kappa shape index (κ3) is 6.50. The van der Waals surface area contributed by atoms with Crippen molar-refractivity contribution in [3.05, 3.63) is 48.4 Å². The van der Waals surface area contributed by atoms with Gasteiger partial charge in [0.1, 0.15) is 5.76 Å². The fourth-order valence-corrected chi connectivity index (χ4v) is 2.88. The Morgan fingerprint density at radius 1 is 1.20 bits per heavy atom. The van der Waals surface area contributed by atoms with Gasteiger partial charge in [0.2, 0.25) is 10.0 Å². The zero-order chi connectivity index (χ0) is 18.4. The summed E-state index contributed by atoms with van der Waals surface area (Å²) in [4.78, 5) is 14.3. The molecule has 2 N–H and O–H groups in total. The molecule has 0 aliphatic carbocycles. The Morgan fingerprint density at radius 2 is 1.92 bits per heavy atom. The minimum atomic E-state index is -3.37. The highest BCUT2D eigenvalue weighted by Crippen LogP contribution is 2.17. The first-order valence-corrected chi connectivity index (χ1v) is 9.78. The molecule has 2 aromatic rings. The van der Waals surface area contributed by atoms with Crippen molar-refractivity contribution in [1.29, 1.82) is 0 Å². The standard InChI is InChI=1S/C17H23N3O4S/c1-13(2)11-20(12-16-8-5-9-24-16)17(21)18-14-6-4-7-15(10-14)19-25(3,22)23/h4-10,13,19H,11-12H2,1-3H3,(H,18,21). The van der Waals surface area contributed by atoms with Crippen molar-refractivity contribution in [1.82, 2.24) is 4.90 Å². The summed E-state index contributed by atoms with van der Waals surface area (Å²) in [5.41, 5.74) is 0.897. The van der Waals surface area contributed by atoms with Gasteiger partial charge in [-0.1, -0.05) is 19.9 Å². The van der Waals surface area contributed by atoms with E-state index >= 15 is 0 Å². The van der Waals surface area contributed by atoms with E-state index in [-0.39, 0.29) is 6.03 Å². The lowest BCUT2D eigenvalue weighted by molar-refractivity contribution is 0.196. The van der Waals surface area contributed by atoms with Crippen molar-refractivity contribution < 1.29 is 17.6 Å². The van der Waals surface area contributed by atoms with Gasteiger partial charge >= 0.3 is 6.03 Å². The van der Waals surface area contributed by atoms with Crippen LogP contribution in [0, 0.1) is 5.92 Å². The summed E-state index contributed by atoms with van der Waals surface area (Å²) < 4.78 is 30.4. The van der Waals surface area contributed by atoms with Gasteiger partial charge in [-0.15, -0.1) is 0 Å². The van der Waals surface area contributed by atoms with Crippen molar-refractivity contribution in [2.45, 2.75) is 20.4 Å². The monoisotopic (exact) mass is 365 g/mol. The Kier molecular flexibility index (Phi) is 6.08. The van der Waals surface area contributed by atoms with Gasteiger partial charge in [-0.3, -0.25) is 4.72 Å². The Labute approximate surface area is 148 Å². The van der Waals surface area contributed by atoms with Crippen LogP contribution in [0.5, 0.6) is 0 Å². The third-order valence-corrected chi connectivity index (χ3v) is 3.82. The molecule has 1 aromatic heterocycles. The minimum Gasteiger partial charge on any atom is -0.467 e. The topological polar surface area (TPSA) is 91.7 Å². The number of rotatable bonds is 7. The minimum absolute atomic E-state index is 0.276. The predicted octanol–water partition coefficient (Wildman–Crippen LogP) is 3.34. The number of urea groups is 1. The van der Waals surface area contributed by atoms with Crippen molar-refractivity contribution in [3.63, 3.8) is 0 Å². The molecule has 0 atom stereocenters. The van der Waals surface area contributed by atoms with E-state index < -0.39 is 10.0 Å². The highest BCUT2D eigenvalue weighted by Gasteiger charge is 2.17. The SMILES string of the molecule is CC(C)CN(Cc1ccco1)C(=O)Nc1cccc(NS(C)(=O)=O)c1. The molecule has 7 nitrogen and oxygen atoms in total. The van der Waals surface area contributed by atoms with Crippen molar-refractivity contribution >= 4 is 27.4 Å². The van der Waals surface area contributed by atoms with E-state index in [1.165, 1.54) is 0 Å². The number of carbonyl (C=O) groups excluding carboxylic acids is 1. The first kappa shape index (κ1) is 18.9. The number of benzene rings is 1. The van der Waals surface area contributed by atoms with Gasteiger partial charge in [-0.2, -0.15) is 0 Å². The molecule has 0 radical (unpaired) electrons. The zero-order valence-corrected chi connectivity index (χ0v) is 15.3. The molecule has 1 aromatic carbocycles. The molecule has 2 rings (SSSR count). The predicted molar refractivity (Wildman–Crippen MR) is 97.9 cm³/mol. The largest absolute Gasteiger partial charge is 0.467 e. The Hall–Kier alpha value is -2.48. The fourth-order valence-electron chi connectivity index (χ4n) is 2.33. The average molecular weight is 365 g/mol. The van der Waals surface area contributed by atoms with Gasteiger partial charge < -0.3 is 14.6 Å². The van der Waals surface area contributed by atoms with Crippen LogP contribution in [-0.4, -0.2) is 32.1 Å². The van der Waals surface area contributed by atoms with Gasteiger partial charge in [0.25, 0.3) is 0 Å². The normalized spacial score (nSPS) is 11.4. The maximum atomic E-state index is 12.6. The molecule has 0 saturated heterocycles. The van der Waals surface area contributed by atoms with E-state index in [2.05, 4.69) is 10.0 Å². The molecule has 25 heavy (non-hydrogen) atoms. The van der Waals surface area contributed by atoms with Gasteiger partial charge in [-0.05, 0) is 36.2 Å². The van der Waals surface area contributed by atoms with Crippen molar-refractivity contribution in [2.24, 2.45) is 5.92 Å². The van der Waals surface area contributed by atoms with Crippen LogP contribution in [0.2, 0.25) is 0 Å². The van der Waals surface area contributed by atoms with Crippen LogP contribution in [0.4, 0.5) is 16.2 Å². The molecule has 0 unspecified atom stereocenters. The quantitative estimate of drug-likeness (QED) is 0.787. The lowest BCUT2D eigenvalue weighted by Gasteiger charge is -2.24. The van der Waals surface area contributed by atoms with Gasteiger partial charge in [0.05, 0.1) is 24.8 Å². The molecule has 1 heterocycles. The van der Waals surface area contributed by atoms with Gasteiger partial charge in [0.15, 0.2) is 0 Å². The molecule has 136 valence electrons. The molecule has 2 amide bonds. The molecule has 0 bridgehead atoms. The molecule has 8 heteroatoms. The van der Waals surface area contributed by atoms with E-state index in [1.54, 1.807) is 41.5 Å². The number of hydrogen-bond acceptors (Lipinski definition) is 4. The number of anilines is 2. The van der Waals surface area contributed by atoms with Gasteiger partial charge in [0, 0.05) is 12.2 Å². The summed E-state index contributed by atoms with van der Waals surface area (Å²) in [6, 6.07) is 9.87. The zero-order valence-electron chi connectivity index (χ0n) is 14.5. The number of furan rings is 1. The second-order valence-corrected chi connectivity index (χ2v) is 7.99. The molecule has 0 aliphatic heterocycles. The molecule has 0 spiro atoms. The smallest absolute Gasteiger partial charge is 0.322 e. The maximum Gasteiger partial charge on any atom is 0.322 e. The van der Waals surface area contributed by atoms with Crippen LogP contribution in [0.3, 0.4) is 0 Å². The van der Waals surface area contributed by atoms with Crippen LogP contribution in [0.15, 0.2) is 47.1 Å². The van der Waals surface area contributed by atoms with Crippen LogP contribution >= 0.6 is 0 Å². The number of hydrogen-bond donors (Lipinski definition) is 2. The van der Waals surface area contributed by atoms with Crippen LogP contribution in [0.1, 0.15) is 19.6 Å². The fraction of sp³-hybridized carbons (Fsp3) is 0.353. The number of nitrogens with one attached hydrogen (secondary N) is 2. The average Bonchev–Trinajstić information content (AvgIpc) is 2.97. The summed E-state index contributed by atoms with van der Waals surface area (Å²) in [7, 11) is -3.37. The van der Waals surface area contributed by atoms with Gasteiger partial charge in [-0.25, -0.2) is 13.2 Å². The van der Waals surface area contributed by atoms with E-state index in [4.69, 9.17) is 4.42 Å². The number of amides is 2. The molecule has 0 fully saturated rings. The lowest BCUT2D eigenvalue weighted by atomic mass is 10.2. The Bertz CT molecular complexity index is 801. The van der Waals surface area contributed by atoms with E-state index in [9.17, 15) is 13.2 Å². The molecule has 0 aliphatic rings. The summed E-state index contributed by atoms with van der Waals surface area (Å²) >= 11 is 0. The van der Waals surface area contributed by atoms with Crippen LogP contribution in [-0.2, 0) is 16.6 Å². The molecular formula is C17H23N3O4S. The van der Waals surface area contributed by atoms with Crippen molar-refractivity contribution in [3.8, 4) is 0 Å². The maximum absolute atomic E-state index is 12.6. The summed E-state index contributed by atoms with van der Waals surface area (Å²) in [5.74, 6) is 0.988. The van der Waals surface area contributed by atoms with E-state index in [0.717, 1.165) is 6.26 Å². The summed E-state index contributed by atoms with van der Waals surface area (Å²) in [5, 5.41) is 2.80. The highest BCUT2D eigenvalue weighted by molar-refractivity contribution is 7.92. The second-order valence-electron chi connectivity index (χ2n) is 6.24.